The summed E-state index contributed by atoms with van der Waals surface area (Å²) in [6.07, 6.45) is 8.35. The van der Waals surface area contributed by atoms with E-state index in [0.29, 0.717) is 0 Å². The van der Waals surface area contributed by atoms with E-state index in [1.54, 1.807) is 0 Å². The molecule has 0 spiro atoms. The minimum atomic E-state index is 0.184. The zero-order valence-corrected chi connectivity index (χ0v) is 13.3. The monoisotopic (exact) mass is 278 g/mol. The molecule has 1 aromatic rings. The minimum Gasteiger partial charge on any atom is -0.306 e. The Morgan fingerprint density at radius 1 is 1.26 bits per heavy atom. The summed E-state index contributed by atoms with van der Waals surface area (Å²) in [4.78, 5) is 6.28. The molecular formula is C16H26N2S. The van der Waals surface area contributed by atoms with Crippen LogP contribution in [0.2, 0.25) is 0 Å². The summed E-state index contributed by atoms with van der Waals surface area (Å²) in [6, 6.07) is 0. The third kappa shape index (κ3) is 2.59. The van der Waals surface area contributed by atoms with Gasteiger partial charge in [-0.15, -0.1) is 11.3 Å². The van der Waals surface area contributed by atoms with Gasteiger partial charge in [-0.3, -0.25) is 0 Å². The maximum atomic E-state index is 4.89. The van der Waals surface area contributed by atoms with E-state index in [4.69, 9.17) is 4.98 Å². The summed E-state index contributed by atoms with van der Waals surface area (Å²) in [7, 11) is 0. The molecule has 2 fully saturated rings. The molecule has 1 N–H and O–H groups in total. The van der Waals surface area contributed by atoms with Gasteiger partial charge in [-0.2, -0.15) is 0 Å². The van der Waals surface area contributed by atoms with Crippen molar-refractivity contribution < 1.29 is 0 Å². The van der Waals surface area contributed by atoms with Gasteiger partial charge in [0.25, 0.3) is 0 Å². The van der Waals surface area contributed by atoms with Crippen LogP contribution in [0.25, 0.3) is 0 Å². The number of aromatic nitrogens is 1. The lowest BCUT2D eigenvalue weighted by molar-refractivity contribution is 0.166. The van der Waals surface area contributed by atoms with E-state index in [1.165, 1.54) is 54.1 Å². The van der Waals surface area contributed by atoms with Crippen molar-refractivity contribution in [2.45, 2.75) is 64.8 Å². The summed E-state index contributed by atoms with van der Waals surface area (Å²) < 4.78 is 0. The van der Waals surface area contributed by atoms with Crippen molar-refractivity contribution in [3.63, 3.8) is 0 Å². The average Bonchev–Trinajstić information content (AvgIpc) is 3.18. The van der Waals surface area contributed by atoms with Gasteiger partial charge in [0.1, 0.15) is 5.01 Å². The van der Waals surface area contributed by atoms with Gasteiger partial charge in [-0.1, -0.05) is 19.8 Å². The van der Waals surface area contributed by atoms with Crippen LogP contribution in [0.4, 0.5) is 0 Å². The second-order valence-corrected chi connectivity index (χ2v) is 7.67. The Labute approximate surface area is 121 Å². The van der Waals surface area contributed by atoms with Gasteiger partial charge >= 0.3 is 0 Å². The van der Waals surface area contributed by atoms with Crippen LogP contribution in [0, 0.1) is 25.7 Å². The van der Waals surface area contributed by atoms with Crippen LogP contribution in [0.3, 0.4) is 0 Å². The van der Waals surface area contributed by atoms with Gasteiger partial charge in [0.2, 0.25) is 0 Å². The molecule has 2 atom stereocenters. The third-order valence-corrected chi connectivity index (χ3v) is 6.31. The highest BCUT2D eigenvalue weighted by Crippen LogP contribution is 2.50. The lowest BCUT2D eigenvalue weighted by atomic mass is 9.74. The molecule has 106 valence electrons. The first kappa shape index (κ1) is 13.6. The van der Waals surface area contributed by atoms with E-state index >= 15 is 0 Å². The quantitative estimate of drug-likeness (QED) is 0.894. The molecule has 2 saturated carbocycles. The average molecular weight is 278 g/mol. The van der Waals surface area contributed by atoms with E-state index in [0.717, 1.165) is 18.4 Å². The SMILES string of the molecule is CCNC1(c2nc(C)c(C)s2)CCCC(C2CC2)C1. The molecule has 2 aliphatic rings. The van der Waals surface area contributed by atoms with E-state index in [1.807, 2.05) is 11.3 Å². The lowest BCUT2D eigenvalue weighted by Gasteiger charge is -2.40. The number of nitrogens with one attached hydrogen (secondary N) is 1. The minimum absolute atomic E-state index is 0.184. The molecule has 0 radical (unpaired) electrons. The fourth-order valence-electron chi connectivity index (χ4n) is 3.73. The van der Waals surface area contributed by atoms with Gasteiger partial charge in [-0.05, 0) is 57.9 Å². The molecule has 0 bridgehead atoms. The van der Waals surface area contributed by atoms with Crippen molar-refractivity contribution in [1.82, 2.24) is 10.3 Å². The third-order valence-electron chi connectivity index (χ3n) is 5.03. The number of aryl methyl sites for hydroxylation is 2. The first-order valence-corrected chi connectivity index (χ1v) is 8.66. The molecule has 0 aliphatic heterocycles. The van der Waals surface area contributed by atoms with Crippen molar-refractivity contribution in [2.75, 3.05) is 6.54 Å². The topological polar surface area (TPSA) is 24.9 Å². The molecule has 2 aliphatic carbocycles. The Balaban J connectivity index is 1.88. The molecular weight excluding hydrogens is 252 g/mol. The van der Waals surface area contributed by atoms with E-state index in [2.05, 4.69) is 26.1 Å². The first-order chi connectivity index (χ1) is 9.14. The van der Waals surface area contributed by atoms with Crippen LogP contribution in [0.15, 0.2) is 0 Å². The molecule has 0 aromatic carbocycles. The summed E-state index contributed by atoms with van der Waals surface area (Å²) in [5.74, 6) is 1.97. The van der Waals surface area contributed by atoms with Crippen molar-refractivity contribution in [2.24, 2.45) is 11.8 Å². The molecule has 2 unspecified atom stereocenters. The molecule has 1 aromatic heterocycles. The molecule has 19 heavy (non-hydrogen) atoms. The highest BCUT2D eigenvalue weighted by Gasteiger charge is 2.44. The van der Waals surface area contributed by atoms with Gasteiger partial charge in [0, 0.05) is 4.88 Å². The first-order valence-electron chi connectivity index (χ1n) is 7.84. The van der Waals surface area contributed by atoms with Crippen LogP contribution in [-0.2, 0) is 5.54 Å². The Kier molecular flexibility index (Phi) is 3.69. The molecule has 3 rings (SSSR count). The maximum Gasteiger partial charge on any atom is 0.113 e. The zero-order valence-electron chi connectivity index (χ0n) is 12.5. The second-order valence-electron chi connectivity index (χ2n) is 6.47. The zero-order chi connectivity index (χ0) is 13.5. The van der Waals surface area contributed by atoms with Gasteiger partial charge < -0.3 is 5.32 Å². The van der Waals surface area contributed by atoms with Crippen LogP contribution in [0.1, 0.15) is 61.0 Å². The largest absolute Gasteiger partial charge is 0.306 e. The van der Waals surface area contributed by atoms with Crippen molar-refractivity contribution in [3.05, 3.63) is 15.6 Å². The van der Waals surface area contributed by atoms with E-state index in [-0.39, 0.29) is 5.54 Å². The van der Waals surface area contributed by atoms with Crippen LogP contribution in [-0.4, -0.2) is 11.5 Å². The number of thiazole rings is 1. The summed E-state index contributed by atoms with van der Waals surface area (Å²) in [5.41, 5.74) is 1.41. The molecule has 3 heteroatoms. The number of hydrogen-bond donors (Lipinski definition) is 1. The Morgan fingerprint density at radius 2 is 2.05 bits per heavy atom. The molecule has 0 amide bonds. The van der Waals surface area contributed by atoms with Crippen molar-refractivity contribution in [1.29, 1.82) is 0 Å². The van der Waals surface area contributed by atoms with E-state index < -0.39 is 0 Å². The highest BCUT2D eigenvalue weighted by atomic mass is 32.1. The maximum absolute atomic E-state index is 4.89. The second kappa shape index (κ2) is 5.17. The van der Waals surface area contributed by atoms with Crippen LogP contribution >= 0.6 is 11.3 Å². The van der Waals surface area contributed by atoms with E-state index in [9.17, 15) is 0 Å². The smallest absolute Gasteiger partial charge is 0.113 e. The fourth-order valence-corrected chi connectivity index (χ4v) is 4.85. The molecule has 1 heterocycles. The summed E-state index contributed by atoms with van der Waals surface area (Å²) in [5, 5.41) is 5.17. The van der Waals surface area contributed by atoms with Crippen molar-refractivity contribution >= 4 is 11.3 Å². The summed E-state index contributed by atoms with van der Waals surface area (Å²) >= 11 is 1.92. The number of hydrogen-bond acceptors (Lipinski definition) is 3. The fraction of sp³-hybridized carbons (Fsp3) is 0.812. The predicted molar refractivity (Wildman–Crippen MR) is 81.6 cm³/mol. The highest BCUT2D eigenvalue weighted by molar-refractivity contribution is 7.11. The van der Waals surface area contributed by atoms with Crippen LogP contribution < -0.4 is 5.32 Å². The summed E-state index contributed by atoms with van der Waals surface area (Å²) in [6.45, 7) is 7.64. The van der Waals surface area contributed by atoms with Gasteiger partial charge in [0.15, 0.2) is 0 Å². The molecule has 2 nitrogen and oxygen atoms in total. The number of nitrogens with zero attached hydrogens (tertiary/aromatic N) is 1. The Bertz CT molecular complexity index is 426. The Hall–Kier alpha value is -0.410. The van der Waals surface area contributed by atoms with Gasteiger partial charge in [0.05, 0.1) is 11.2 Å². The standard InChI is InChI=1S/C16H26N2S/c1-4-17-16(15-18-11(2)12(3)19-15)9-5-6-14(10-16)13-7-8-13/h13-14,17H,4-10H2,1-3H3. The lowest BCUT2D eigenvalue weighted by Crippen LogP contribution is -2.46. The Morgan fingerprint density at radius 3 is 2.63 bits per heavy atom. The van der Waals surface area contributed by atoms with Crippen LogP contribution in [0.5, 0.6) is 0 Å². The van der Waals surface area contributed by atoms with Gasteiger partial charge in [-0.25, -0.2) is 4.98 Å². The molecule has 0 saturated heterocycles. The normalized spacial score (nSPS) is 31.6. The van der Waals surface area contributed by atoms with Crippen molar-refractivity contribution in [3.8, 4) is 0 Å². The number of rotatable bonds is 4. The predicted octanol–water partition coefficient (Wildman–Crippen LogP) is 4.16.